The van der Waals surface area contributed by atoms with Crippen LogP contribution in [0.15, 0.2) is 11.6 Å². The molecular weight excluding hydrogens is 256 g/mol. The summed E-state index contributed by atoms with van der Waals surface area (Å²) in [7, 11) is 0. The quantitative estimate of drug-likeness (QED) is 0.265. The number of amides is 1. The molecule has 4 N–H and O–H groups in total. The van der Waals surface area contributed by atoms with Gasteiger partial charge in [0, 0.05) is 31.4 Å². The van der Waals surface area contributed by atoms with Crippen LogP contribution >= 0.6 is 0 Å². The Morgan fingerprint density at radius 3 is 2.42 bits per heavy atom. The van der Waals surface area contributed by atoms with Gasteiger partial charge in [-0.1, -0.05) is 5.57 Å². The van der Waals surface area contributed by atoms with Gasteiger partial charge in [-0.05, 0) is 13.3 Å². The van der Waals surface area contributed by atoms with E-state index in [4.69, 9.17) is 0 Å². The number of hydroxylamine groups is 2. The number of aliphatic carboxylic acids is 2. The number of carbonyl (C=O) groups is 3. The monoisotopic (exact) mass is 273 g/mol. The van der Waals surface area contributed by atoms with Gasteiger partial charge in [-0.15, -0.1) is 0 Å². The summed E-state index contributed by atoms with van der Waals surface area (Å²) in [5.41, 5.74) is 3.57. The first-order valence-electron chi connectivity index (χ1n) is 5.65. The molecule has 1 unspecified atom stereocenters. The number of carbonyl (C=O) groups excluding carboxylic acids is 3. The Kier molecular flexibility index (Phi) is 7.39. The van der Waals surface area contributed by atoms with Gasteiger partial charge in [0.25, 0.3) is 5.91 Å². The molecule has 0 aliphatic rings. The van der Waals surface area contributed by atoms with E-state index in [1.165, 1.54) is 6.92 Å². The van der Waals surface area contributed by atoms with Crippen molar-refractivity contribution in [1.82, 2.24) is 5.06 Å². The van der Waals surface area contributed by atoms with Gasteiger partial charge in [0.05, 0.1) is 5.97 Å². The number of hydrogen-bond donors (Lipinski definition) is 2. The van der Waals surface area contributed by atoms with Crippen LogP contribution in [0.5, 0.6) is 0 Å². The highest BCUT2D eigenvalue weighted by atomic mass is 16.5. The Labute approximate surface area is 110 Å². The van der Waals surface area contributed by atoms with Crippen molar-refractivity contribution in [2.75, 3.05) is 6.54 Å². The lowest BCUT2D eigenvalue weighted by Crippen LogP contribution is -2.68. The van der Waals surface area contributed by atoms with Gasteiger partial charge in [-0.2, -0.15) is 0 Å². The van der Waals surface area contributed by atoms with Crippen molar-refractivity contribution in [2.45, 2.75) is 32.2 Å². The number of hydrogen-bond acceptors (Lipinski definition) is 6. The summed E-state index contributed by atoms with van der Waals surface area (Å²) in [6.07, 6.45) is 0.980. The van der Waals surface area contributed by atoms with Crippen molar-refractivity contribution in [3.05, 3.63) is 11.6 Å². The summed E-state index contributed by atoms with van der Waals surface area (Å²) in [4.78, 5) is 32.0. The van der Waals surface area contributed by atoms with Crippen molar-refractivity contribution in [3.8, 4) is 0 Å². The third kappa shape index (κ3) is 7.90. The molecule has 0 saturated heterocycles. The minimum Gasteiger partial charge on any atom is -0.550 e. The molecule has 0 spiro atoms. The van der Waals surface area contributed by atoms with Crippen LogP contribution < -0.4 is 15.9 Å². The number of carboxylic acids is 2. The van der Waals surface area contributed by atoms with Gasteiger partial charge in [0.1, 0.15) is 6.04 Å². The third-order valence-corrected chi connectivity index (χ3v) is 2.30. The molecule has 0 rings (SSSR count). The Morgan fingerprint density at radius 1 is 1.37 bits per heavy atom. The standard InChI is InChI=1S/C11H18N2O6/c1-7(6-10(15)16)5-9(14)13(19)4-2-3-8(12)11(17)18/h5,8,19H,2-4,6,12H2,1H3,(H,15,16)(H,17,18)/p-1/b7-5+. The van der Waals surface area contributed by atoms with Gasteiger partial charge < -0.3 is 25.5 Å². The van der Waals surface area contributed by atoms with Crippen molar-refractivity contribution < 1.29 is 35.5 Å². The zero-order valence-corrected chi connectivity index (χ0v) is 10.6. The van der Waals surface area contributed by atoms with Crippen LogP contribution in [0.4, 0.5) is 0 Å². The molecule has 0 fully saturated rings. The highest BCUT2D eigenvalue weighted by Crippen LogP contribution is 2.01. The normalized spacial score (nSPS) is 12.9. The Balaban J connectivity index is 4.14. The van der Waals surface area contributed by atoms with E-state index in [0.717, 1.165) is 6.08 Å². The van der Waals surface area contributed by atoms with Crippen LogP contribution in [0, 0.1) is 0 Å². The highest BCUT2D eigenvalue weighted by Gasteiger charge is 2.11. The predicted octanol–water partition coefficient (Wildman–Crippen LogP) is -3.57. The number of quaternary nitrogens is 1. The molecule has 0 radical (unpaired) electrons. The molecule has 1 atom stereocenters. The average Bonchev–Trinajstić information content (AvgIpc) is 2.26. The van der Waals surface area contributed by atoms with Crippen molar-refractivity contribution in [3.63, 3.8) is 0 Å². The number of nitrogens with zero attached hydrogens (tertiary/aromatic N) is 1. The molecule has 8 nitrogen and oxygen atoms in total. The zero-order chi connectivity index (χ0) is 15.0. The molecule has 0 heterocycles. The van der Waals surface area contributed by atoms with Crippen molar-refractivity contribution in [1.29, 1.82) is 0 Å². The van der Waals surface area contributed by atoms with E-state index >= 15 is 0 Å². The Bertz CT molecular complexity index is 379. The predicted molar refractivity (Wildman–Crippen MR) is 57.8 cm³/mol. The zero-order valence-electron chi connectivity index (χ0n) is 10.6. The highest BCUT2D eigenvalue weighted by molar-refractivity contribution is 5.88. The fourth-order valence-electron chi connectivity index (χ4n) is 1.28. The van der Waals surface area contributed by atoms with Crippen LogP contribution in [0.1, 0.15) is 26.2 Å². The molecule has 19 heavy (non-hydrogen) atoms. The largest absolute Gasteiger partial charge is 0.550 e. The smallest absolute Gasteiger partial charge is 0.269 e. The van der Waals surface area contributed by atoms with Crippen LogP contribution in [0.3, 0.4) is 0 Å². The summed E-state index contributed by atoms with van der Waals surface area (Å²) >= 11 is 0. The van der Waals surface area contributed by atoms with Crippen LogP contribution in [-0.2, 0) is 14.4 Å². The maximum atomic E-state index is 11.4. The number of carboxylic acid groups (broad SMARTS) is 2. The van der Waals surface area contributed by atoms with E-state index in [1.807, 2.05) is 0 Å². The lowest BCUT2D eigenvalue weighted by molar-refractivity contribution is -0.438. The minimum atomic E-state index is -1.32. The van der Waals surface area contributed by atoms with Gasteiger partial charge >= 0.3 is 0 Å². The first kappa shape index (κ1) is 17.1. The average molecular weight is 273 g/mol. The molecular formula is C11H17N2O6-. The van der Waals surface area contributed by atoms with Gasteiger partial charge in [0.2, 0.25) is 0 Å². The van der Waals surface area contributed by atoms with E-state index in [2.05, 4.69) is 5.73 Å². The molecule has 0 aromatic carbocycles. The molecule has 0 aromatic heterocycles. The van der Waals surface area contributed by atoms with Gasteiger partial charge in [-0.25, -0.2) is 5.06 Å². The maximum Gasteiger partial charge on any atom is 0.269 e. The topological polar surface area (TPSA) is 148 Å². The summed E-state index contributed by atoms with van der Waals surface area (Å²) < 4.78 is 0. The lowest BCUT2D eigenvalue weighted by Gasteiger charge is -2.15. The van der Waals surface area contributed by atoms with E-state index < -0.39 is 30.3 Å². The van der Waals surface area contributed by atoms with Crippen molar-refractivity contribution in [2.24, 2.45) is 0 Å². The molecule has 0 aromatic rings. The first-order valence-corrected chi connectivity index (χ1v) is 5.65. The number of rotatable bonds is 8. The molecule has 0 saturated carbocycles. The van der Waals surface area contributed by atoms with Crippen LogP contribution in [-0.4, -0.2) is 40.7 Å². The van der Waals surface area contributed by atoms with Crippen molar-refractivity contribution >= 4 is 17.8 Å². The molecule has 0 aliphatic carbocycles. The first-order chi connectivity index (χ1) is 8.73. The second-order valence-corrected chi connectivity index (χ2v) is 4.16. The summed E-state index contributed by atoms with van der Waals surface area (Å²) in [6.45, 7) is 1.34. The Hall–Kier alpha value is -1.93. The summed E-state index contributed by atoms with van der Waals surface area (Å²) in [6, 6.07) is -0.904. The molecule has 0 aliphatic heterocycles. The van der Waals surface area contributed by atoms with Crippen LogP contribution in [0.2, 0.25) is 0 Å². The molecule has 0 bridgehead atoms. The minimum absolute atomic E-state index is 0.0762. The maximum absolute atomic E-state index is 11.4. The van der Waals surface area contributed by atoms with Gasteiger partial charge in [0.15, 0.2) is 0 Å². The second-order valence-electron chi connectivity index (χ2n) is 4.16. The second kappa shape index (κ2) is 8.22. The fraction of sp³-hybridized carbons (Fsp3) is 0.545. The molecule has 8 heteroatoms. The Morgan fingerprint density at radius 2 is 1.95 bits per heavy atom. The summed E-state index contributed by atoms with van der Waals surface area (Å²) in [5, 5.41) is 30.4. The van der Waals surface area contributed by atoms with Gasteiger partial charge in [-0.3, -0.25) is 10.0 Å². The van der Waals surface area contributed by atoms with E-state index in [1.54, 1.807) is 0 Å². The van der Waals surface area contributed by atoms with E-state index in [9.17, 15) is 29.8 Å². The van der Waals surface area contributed by atoms with E-state index in [-0.39, 0.29) is 25.0 Å². The van der Waals surface area contributed by atoms with E-state index in [0.29, 0.717) is 5.06 Å². The summed E-state index contributed by atoms with van der Waals surface area (Å²) in [5.74, 6) is -3.38. The lowest BCUT2D eigenvalue weighted by atomic mass is 10.1. The molecule has 1 amide bonds. The molecule has 108 valence electrons. The van der Waals surface area contributed by atoms with Crippen LogP contribution in [0.25, 0.3) is 0 Å². The SMILES string of the molecule is C/C(=C\C(=O)N(O)CCCC([NH3+])C(=O)[O-])CC(=O)[O-]. The third-order valence-electron chi connectivity index (χ3n) is 2.30. The fourth-order valence-corrected chi connectivity index (χ4v) is 1.28.